The van der Waals surface area contributed by atoms with Gasteiger partial charge in [0.25, 0.3) is 0 Å². The van der Waals surface area contributed by atoms with E-state index in [1.807, 2.05) is 13.0 Å². The molecule has 0 radical (unpaired) electrons. The molecule has 162 valence electrons. The number of anilines is 1. The SMILES string of the molecule is COc1cc(C2CC(=O)N(c3cc(Cl)ccc3C)C3=C2C(=O)CCC3)cc(OC)c1O. The van der Waals surface area contributed by atoms with Crippen molar-refractivity contribution < 1.29 is 24.2 Å². The maximum atomic E-state index is 13.4. The number of hydrogen-bond acceptors (Lipinski definition) is 5. The summed E-state index contributed by atoms with van der Waals surface area (Å²) in [6.07, 6.45) is 1.88. The number of benzene rings is 2. The number of aryl methyl sites for hydroxylation is 1. The summed E-state index contributed by atoms with van der Waals surface area (Å²) in [5.41, 5.74) is 3.69. The molecular weight excluding hydrogens is 418 g/mol. The van der Waals surface area contributed by atoms with Crippen LogP contribution in [0.4, 0.5) is 5.69 Å². The quantitative estimate of drug-likeness (QED) is 0.730. The molecule has 1 N–H and O–H groups in total. The first-order valence-electron chi connectivity index (χ1n) is 10.2. The van der Waals surface area contributed by atoms with Crippen molar-refractivity contribution in [3.05, 3.63) is 57.8 Å². The molecule has 0 aromatic heterocycles. The lowest BCUT2D eigenvalue weighted by atomic mass is 9.77. The second kappa shape index (κ2) is 8.27. The zero-order valence-electron chi connectivity index (χ0n) is 17.7. The molecule has 7 heteroatoms. The van der Waals surface area contributed by atoms with Gasteiger partial charge in [0.05, 0.1) is 19.9 Å². The Bertz CT molecular complexity index is 1080. The van der Waals surface area contributed by atoms with Crippen LogP contribution in [-0.4, -0.2) is 31.0 Å². The number of amides is 1. The number of carbonyl (C=O) groups excluding carboxylic acids is 2. The van der Waals surface area contributed by atoms with E-state index in [0.717, 1.165) is 11.3 Å². The van der Waals surface area contributed by atoms with E-state index < -0.39 is 5.92 Å². The Balaban J connectivity index is 1.91. The molecule has 1 aliphatic heterocycles. The topological polar surface area (TPSA) is 76.1 Å². The number of rotatable bonds is 4. The van der Waals surface area contributed by atoms with Gasteiger partial charge in [0.15, 0.2) is 17.3 Å². The van der Waals surface area contributed by atoms with Gasteiger partial charge in [-0.25, -0.2) is 0 Å². The van der Waals surface area contributed by atoms with Crippen LogP contribution in [0.3, 0.4) is 0 Å². The maximum Gasteiger partial charge on any atom is 0.232 e. The van der Waals surface area contributed by atoms with Crippen molar-refractivity contribution in [3.63, 3.8) is 0 Å². The molecule has 2 aromatic carbocycles. The number of ether oxygens (including phenoxy) is 2. The van der Waals surface area contributed by atoms with Gasteiger partial charge in [-0.3, -0.25) is 14.5 Å². The fourth-order valence-electron chi connectivity index (χ4n) is 4.50. The molecule has 0 fully saturated rings. The van der Waals surface area contributed by atoms with E-state index in [1.165, 1.54) is 14.2 Å². The van der Waals surface area contributed by atoms with E-state index in [9.17, 15) is 14.7 Å². The van der Waals surface area contributed by atoms with E-state index in [2.05, 4.69) is 0 Å². The maximum absolute atomic E-state index is 13.4. The number of phenols is 1. The second-order valence-electron chi connectivity index (χ2n) is 7.83. The van der Waals surface area contributed by atoms with Crippen LogP contribution in [0.5, 0.6) is 17.2 Å². The van der Waals surface area contributed by atoms with Crippen molar-refractivity contribution in [2.75, 3.05) is 19.1 Å². The number of allylic oxidation sites excluding steroid dienone is 2. The third-order valence-electron chi connectivity index (χ3n) is 5.99. The Morgan fingerprint density at radius 1 is 1.06 bits per heavy atom. The number of aromatic hydroxyl groups is 1. The standard InChI is InChI=1S/C24H24ClNO5/c1-13-7-8-15(25)11-18(13)26-17-5-4-6-19(27)23(17)16(12-22(26)28)14-9-20(30-2)24(29)21(10-14)31-3/h7-11,16,29H,4-6,12H2,1-3H3. The minimum atomic E-state index is -0.436. The Morgan fingerprint density at radius 3 is 2.39 bits per heavy atom. The van der Waals surface area contributed by atoms with Crippen LogP contribution >= 0.6 is 11.6 Å². The van der Waals surface area contributed by atoms with E-state index in [4.69, 9.17) is 21.1 Å². The van der Waals surface area contributed by atoms with Crippen LogP contribution in [0, 0.1) is 6.92 Å². The van der Waals surface area contributed by atoms with Crippen LogP contribution in [-0.2, 0) is 9.59 Å². The Morgan fingerprint density at radius 2 is 1.74 bits per heavy atom. The highest BCUT2D eigenvalue weighted by Crippen LogP contribution is 2.47. The lowest BCUT2D eigenvalue weighted by Gasteiger charge is -2.39. The van der Waals surface area contributed by atoms with Crippen LogP contribution < -0.4 is 14.4 Å². The van der Waals surface area contributed by atoms with Crippen LogP contribution in [0.25, 0.3) is 0 Å². The van der Waals surface area contributed by atoms with Crippen LogP contribution in [0.1, 0.15) is 42.7 Å². The number of nitrogens with zero attached hydrogens (tertiary/aromatic N) is 1. The second-order valence-corrected chi connectivity index (χ2v) is 8.26. The molecule has 4 rings (SSSR count). The van der Waals surface area contributed by atoms with Crippen LogP contribution in [0.15, 0.2) is 41.6 Å². The summed E-state index contributed by atoms with van der Waals surface area (Å²) in [5.74, 6) is -0.143. The van der Waals surface area contributed by atoms with Crippen molar-refractivity contribution >= 4 is 29.0 Å². The minimum Gasteiger partial charge on any atom is -0.502 e. The van der Waals surface area contributed by atoms with E-state index in [1.54, 1.807) is 29.2 Å². The zero-order valence-corrected chi connectivity index (χ0v) is 18.5. The first kappa shape index (κ1) is 21.2. The summed E-state index contributed by atoms with van der Waals surface area (Å²) in [7, 11) is 2.90. The van der Waals surface area contributed by atoms with Crippen LogP contribution in [0.2, 0.25) is 5.02 Å². The third kappa shape index (κ3) is 3.65. The van der Waals surface area contributed by atoms with Gasteiger partial charge in [-0.15, -0.1) is 0 Å². The van der Waals surface area contributed by atoms with Crippen molar-refractivity contribution in [3.8, 4) is 17.2 Å². The highest BCUT2D eigenvalue weighted by molar-refractivity contribution is 6.31. The first-order valence-corrected chi connectivity index (χ1v) is 10.5. The lowest BCUT2D eigenvalue weighted by molar-refractivity contribution is -0.119. The minimum absolute atomic E-state index is 0.0365. The smallest absolute Gasteiger partial charge is 0.232 e. The molecule has 1 unspecified atom stereocenters. The summed E-state index contributed by atoms with van der Waals surface area (Å²) in [4.78, 5) is 28.2. The molecule has 0 bridgehead atoms. The van der Waals surface area contributed by atoms with Gasteiger partial charge in [0, 0.05) is 35.1 Å². The van der Waals surface area contributed by atoms with Crippen molar-refractivity contribution in [1.29, 1.82) is 0 Å². The first-order chi connectivity index (χ1) is 14.8. The highest BCUT2D eigenvalue weighted by Gasteiger charge is 2.40. The molecule has 6 nitrogen and oxygen atoms in total. The molecule has 31 heavy (non-hydrogen) atoms. The Kier molecular flexibility index (Phi) is 5.67. The number of hydrogen-bond donors (Lipinski definition) is 1. The summed E-state index contributed by atoms with van der Waals surface area (Å²) in [6.45, 7) is 1.92. The average Bonchev–Trinajstić information content (AvgIpc) is 2.75. The molecule has 2 aromatic rings. The fraction of sp³-hybridized carbons (Fsp3) is 0.333. The van der Waals surface area contributed by atoms with Gasteiger partial charge in [-0.05, 0) is 55.2 Å². The molecule has 1 amide bonds. The lowest BCUT2D eigenvalue weighted by Crippen LogP contribution is -2.40. The molecule has 0 saturated carbocycles. The van der Waals surface area contributed by atoms with Crippen molar-refractivity contribution in [2.45, 2.75) is 38.5 Å². The average molecular weight is 442 g/mol. The van der Waals surface area contributed by atoms with E-state index >= 15 is 0 Å². The molecule has 0 saturated heterocycles. The molecular formula is C24H24ClNO5. The van der Waals surface area contributed by atoms with E-state index in [0.29, 0.717) is 41.1 Å². The number of halogens is 1. The van der Waals surface area contributed by atoms with Gasteiger partial charge in [-0.1, -0.05) is 17.7 Å². The van der Waals surface area contributed by atoms with E-state index in [-0.39, 0.29) is 35.4 Å². The van der Waals surface area contributed by atoms with Crippen molar-refractivity contribution in [1.82, 2.24) is 0 Å². The van der Waals surface area contributed by atoms with Gasteiger partial charge in [0.1, 0.15) is 0 Å². The normalized spacial score (nSPS) is 18.8. The number of carbonyl (C=O) groups is 2. The Labute approximate surface area is 186 Å². The Hall–Kier alpha value is -2.99. The highest BCUT2D eigenvalue weighted by atomic mass is 35.5. The van der Waals surface area contributed by atoms with Gasteiger partial charge in [0.2, 0.25) is 11.7 Å². The molecule has 1 heterocycles. The summed E-state index contributed by atoms with van der Waals surface area (Å²) in [5, 5.41) is 10.8. The molecule has 1 aliphatic carbocycles. The van der Waals surface area contributed by atoms with Crippen molar-refractivity contribution in [2.24, 2.45) is 0 Å². The third-order valence-corrected chi connectivity index (χ3v) is 6.23. The number of Topliss-reactive ketones (excluding diaryl/α,β-unsaturated/α-hetero) is 1. The number of phenolic OH excluding ortho intramolecular Hbond substituents is 1. The fourth-order valence-corrected chi connectivity index (χ4v) is 4.66. The molecule has 0 spiro atoms. The summed E-state index contributed by atoms with van der Waals surface area (Å²) in [6, 6.07) is 8.77. The predicted octanol–water partition coefficient (Wildman–Crippen LogP) is 4.90. The summed E-state index contributed by atoms with van der Waals surface area (Å²) < 4.78 is 10.6. The number of methoxy groups -OCH3 is 2. The predicted molar refractivity (Wildman–Crippen MR) is 118 cm³/mol. The van der Waals surface area contributed by atoms with Gasteiger partial charge >= 0.3 is 0 Å². The monoisotopic (exact) mass is 441 g/mol. The van der Waals surface area contributed by atoms with Gasteiger partial charge in [-0.2, -0.15) is 0 Å². The van der Waals surface area contributed by atoms with Gasteiger partial charge < -0.3 is 14.6 Å². The number of ketones is 1. The molecule has 1 atom stereocenters. The summed E-state index contributed by atoms with van der Waals surface area (Å²) >= 11 is 6.22. The molecule has 2 aliphatic rings. The largest absolute Gasteiger partial charge is 0.502 e. The zero-order chi connectivity index (χ0) is 22.3.